The Kier molecular flexibility index (Phi) is 7.34. The fourth-order valence-electron chi connectivity index (χ4n) is 1.40. The third-order valence-electron chi connectivity index (χ3n) is 2.04. The first-order chi connectivity index (χ1) is 5.63. The lowest BCUT2D eigenvalue weighted by Crippen LogP contribution is -2.00. The Morgan fingerprint density at radius 1 is 1.00 bits per heavy atom. The van der Waals surface area contributed by atoms with Crippen molar-refractivity contribution in [1.82, 2.24) is 4.98 Å². The highest BCUT2D eigenvalue weighted by Gasteiger charge is 2.09. The molecule has 82 valence electrons. The largest absolute Gasteiger partial charge is 0.261 e. The van der Waals surface area contributed by atoms with Gasteiger partial charge in [0.2, 0.25) is 0 Å². The average molecular weight is 195 g/mol. The Hall–Kier alpha value is -0.850. The van der Waals surface area contributed by atoms with Crippen molar-refractivity contribution >= 4 is 0 Å². The third kappa shape index (κ3) is 3.49. The zero-order valence-electron chi connectivity index (χ0n) is 8.33. The van der Waals surface area contributed by atoms with Crippen molar-refractivity contribution in [2.24, 2.45) is 0 Å². The molecule has 0 aliphatic heterocycles. The second kappa shape index (κ2) is 6.58. The molecule has 0 saturated carbocycles. The molecule has 0 N–H and O–H groups in total. The van der Waals surface area contributed by atoms with Crippen molar-refractivity contribution in [3.8, 4) is 0 Å². The van der Waals surface area contributed by atoms with E-state index in [2.05, 4.69) is 38.7 Å². The van der Waals surface area contributed by atoms with Gasteiger partial charge >= 0.3 is 0 Å². The summed E-state index contributed by atoms with van der Waals surface area (Å²) in [5, 5.41) is 0. The van der Waals surface area contributed by atoms with Gasteiger partial charge in [0.25, 0.3) is 0 Å². The van der Waals surface area contributed by atoms with Crippen molar-refractivity contribution in [2.75, 3.05) is 0 Å². The SMILES string of the molecule is C.C.CC(C)c1cccnc1C(C)C. The van der Waals surface area contributed by atoms with Gasteiger partial charge in [0.1, 0.15) is 0 Å². The van der Waals surface area contributed by atoms with Gasteiger partial charge in [-0.25, -0.2) is 0 Å². The van der Waals surface area contributed by atoms with Crippen LogP contribution in [0, 0.1) is 0 Å². The molecule has 1 aromatic heterocycles. The Labute approximate surface area is 89.6 Å². The normalized spacial score (nSPS) is 9.57. The summed E-state index contributed by atoms with van der Waals surface area (Å²) in [5.74, 6) is 1.11. The highest BCUT2D eigenvalue weighted by molar-refractivity contribution is 5.25. The van der Waals surface area contributed by atoms with Crippen molar-refractivity contribution in [2.45, 2.75) is 54.4 Å². The fraction of sp³-hybridized carbons (Fsp3) is 0.615. The van der Waals surface area contributed by atoms with E-state index in [1.807, 2.05) is 12.3 Å². The monoisotopic (exact) mass is 195 g/mol. The van der Waals surface area contributed by atoms with Crippen LogP contribution in [0.15, 0.2) is 18.3 Å². The Bertz CT molecular complexity index is 224. The lowest BCUT2D eigenvalue weighted by Gasteiger charge is -2.13. The van der Waals surface area contributed by atoms with Crippen molar-refractivity contribution < 1.29 is 0 Å². The molecule has 0 aliphatic carbocycles. The number of nitrogens with zero attached hydrogens (tertiary/aromatic N) is 1. The summed E-state index contributed by atoms with van der Waals surface area (Å²) < 4.78 is 0. The van der Waals surface area contributed by atoms with Gasteiger partial charge in [-0.3, -0.25) is 4.98 Å². The molecular weight excluding hydrogens is 170 g/mol. The summed E-state index contributed by atoms with van der Waals surface area (Å²) in [6, 6.07) is 4.19. The fourth-order valence-corrected chi connectivity index (χ4v) is 1.40. The van der Waals surface area contributed by atoms with E-state index >= 15 is 0 Å². The minimum Gasteiger partial charge on any atom is -0.261 e. The van der Waals surface area contributed by atoms with Crippen LogP contribution in [-0.4, -0.2) is 4.98 Å². The minimum atomic E-state index is 0. The molecular formula is C13H25N. The van der Waals surface area contributed by atoms with E-state index in [4.69, 9.17) is 0 Å². The van der Waals surface area contributed by atoms with Crippen LogP contribution in [0.1, 0.15) is 65.6 Å². The maximum Gasteiger partial charge on any atom is 0.0463 e. The molecule has 1 rings (SSSR count). The second-order valence-corrected chi connectivity index (χ2v) is 3.79. The lowest BCUT2D eigenvalue weighted by molar-refractivity contribution is 0.757. The molecule has 1 heteroatoms. The number of hydrogen-bond acceptors (Lipinski definition) is 1. The summed E-state index contributed by atoms with van der Waals surface area (Å²) >= 11 is 0. The highest BCUT2D eigenvalue weighted by atomic mass is 14.7. The van der Waals surface area contributed by atoms with E-state index in [1.54, 1.807) is 0 Å². The molecule has 0 amide bonds. The third-order valence-corrected chi connectivity index (χ3v) is 2.04. The van der Waals surface area contributed by atoms with Gasteiger partial charge in [0, 0.05) is 11.9 Å². The van der Waals surface area contributed by atoms with Gasteiger partial charge in [0.15, 0.2) is 0 Å². The molecule has 0 bridgehead atoms. The van der Waals surface area contributed by atoms with Crippen LogP contribution in [0.2, 0.25) is 0 Å². The number of pyridine rings is 1. The molecule has 0 unspecified atom stereocenters. The summed E-state index contributed by atoms with van der Waals surface area (Å²) in [7, 11) is 0. The van der Waals surface area contributed by atoms with Gasteiger partial charge in [0.05, 0.1) is 0 Å². The Morgan fingerprint density at radius 2 is 1.57 bits per heavy atom. The van der Waals surface area contributed by atoms with Crippen LogP contribution in [0.4, 0.5) is 0 Å². The van der Waals surface area contributed by atoms with Gasteiger partial charge < -0.3 is 0 Å². The summed E-state index contributed by atoms with van der Waals surface area (Å²) in [6.07, 6.45) is 1.88. The average Bonchev–Trinajstić information content (AvgIpc) is 2.04. The molecule has 0 atom stereocenters. The smallest absolute Gasteiger partial charge is 0.0463 e. The molecule has 0 fully saturated rings. The molecule has 1 nitrogen and oxygen atoms in total. The lowest BCUT2D eigenvalue weighted by atomic mass is 9.96. The van der Waals surface area contributed by atoms with Crippen LogP contribution >= 0.6 is 0 Å². The maximum absolute atomic E-state index is 4.40. The zero-order chi connectivity index (χ0) is 9.14. The highest BCUT2D eigenvalue weighted by Crippen LogP contribution is 2.23. The molecule has 1 heterocycles. The van der Waals surface area contributed by atoms with Crippen LogP contribution in [-0.2, 0) is 0 Å². The number of aromatic nitrogens is 1. The number of rotatable bonds is 2. The first-order valence-corrected chi connectivity index (χ1v) is 4.57. The zero-order valence-corrected chi connectivity index (χ0v) is 8.33. The first-order valence-electron chi connectivity index (χ1n) is 4.57. The topological polar surface area (TPSA) is 12.9 Å². The molecule has 0 aliphatic rings. The minimum absolute atomic E-state index is 0. The maximum atomic E-state index is 4.40. The predicted molar refractivity (Wildman–Crippen MR) is 65.9 cm³/mol. The standard InChI is InChI=1S/C11H17N.2CH4/c1-8(2)10-6-5-7-12-11(10)9(3)4;;/h5-9H,1-4H3;2*1H4. The molecule has 0 spiro atoms. The van der Waals surface area contributed by atoms with Crippen LogP contribution in [0.5, 0.6) is 0 Å². The quantitative estimate of drug-likeness (QED) is 0.672. The summed E-state index contributed by atoms with van der Waals surface area (Å²) in [5.41, 5.74) is 2.63. The van der Waals surface area contributed by atoms with Crippen molar-refractivity contribution in [3.05, 3.63) is 29.6 Å². The van der Waals surface area contributed by atoms with Crippen molar-refractivity contribution in [1.29, 1.82) is 0 Å². The summed E-state index contributed by atoms with van der Waals surface area (Å²) in [6.45, 7) is 8.80. The second-order valence-electron chi connectivity index (χ2n) is 3.79. The Balaban J connectivity index is 0. The molecule has 14 heavy (non-hydrogen) atoms. The van der Waals surface area contributed by atoms with Gasteiger partial charge in [-0.1, -0.05) is 48.6 Å². The van der Waals surface area contributed by atoms with E-state index in [-0.39, 0.29) is 14.9 Å². The van der Waals surface area contributed by atoms with E-state index in [9.17, 15) is 0 Å². The van der Waals surface area contributed by atoms with Crippen LogP contribution < -0.4 is 0 Å². The van der Waals surface area contributed by atoms with Gasteiger partial charge in [-0.2, -0.15) is 0 Å². The van der Waals surface area contributed by atoms with E-state index in [1.165, 1.54) is 11.3 Å². The Morgan fingerprint density at radius 3 is 1.93 bits per heavy atom. The van der Waals surface area contributed by atoms with Gasteiger partial charge in [-0.15, -0.1) is 0 Å². The number of hydrogen-bond donors (Lipinski definition) is 0. The molecule has 0 saturated heterocycles. The van der Waals surface area contributed by atoms with Crippen LogP contribution in [0.25, 0.3) is 0 Å². The van der Waals surface area contributed by atoms with Gasteiger partial charge in [-0.05, 0) is 23.5 Å². The molecule has 0 aromatic carbocycles. The predicted octanol–water partition coefficient (Wildman–Crippen LogP) is 4.60. The summed E-state index contributed by atoms with van der Waals surface area (Å²) in [4.78, 5) is 4.40. The van der Waals surface area contributed by atoms with Crippen LogP contribution in [0.3, 0.4) is 0 Å². The molecule has 0 radical (unpaired) electrons. The van der Waals surface area contributed by atoms with E-state index in [0.29, 0.717) is 11.8 Å². The van der Waals surface area contributed by atoms with E-state index < -0.39 is 0 Å². The molecule has 1 aromatic rings. The van der Waals surface area contributed by atoms with E-state index in [0.717, 1.165) is 0 Å². The van der Waals surface area contributed by atoms with Crippen molar-refractivity contribution in [3.63, 3.8) is 0 Å². The first kappa shape index (κ1) is 15.6.